The zero-order valence-corrected chi connectivity index (χ0v) is 17.3. The third-order valence-corrected chi connectivity index (χ3v) is 7.92. The van der Waals surface area contributed by atoms with Crippen LogP contribution in [-0.4, -0.2) is 43.4 Å². The summed E-state index contributed by atoms with van der Waals surface area (Å²) in [6, 6.07) is 9.23. The van der Waals surface area contributed by atoms with Crippen molar-refractivity contribution in [3.8, 4) is 0 Å². The third kappa shape index (κ3) is 3.11. The number of rotatable bonds is 3. The number of benzene rings is 1. The molecular formula is C21H27N3O3S. The number of fused-ring (bicyclic) bond motifs is 1. The van der Waals surface area contributed by atoms with E-state index < -0.39 is 10.0 Å². The average molecular weight is 402 g/mol. The van der Waals surface area contributed by atoms with E-state index in [1.165, 1.54) is 4.31 Å². The van der Waals surface area contributed by atoms with Crippen molar-refractivity contribution in [2.45, 2.75) is 43.9 Å². The Bertz CT molecular complexity index is 1000. The minimum atomic E-state index is -3.73. The topological polar surface area (TPSA) is 62.6 Å². The van der Waals surface area contributed by atoms with Crippen LogP contribution in [0.5, 0.6) is 0 Å². The molecule has 1 saturated heterocycles. The number of amides is 1. The van der Waals surface area contributed by atoms with Crippen molar-refractivity contribution in [3.05, 3.63) is 47.3 Å². The Morgan fingerprint density at radius 2 is 1.71 bits per heavy atom. The Kier molecular flexibility index (Phi) is 4.95. The van der Waals surface area contributed by atoms with Gasteiger partial charge >= 0.3 is 0 Å². The molecule has 1 aromatic carbocycles. The van der Waals surface area contributed by atoms with Crippen LogP contribution in [-0.2, 0) is 23.5 Å². The van der Waals surface area contributed by atoms with E-state index in [1.54, 1.807) is 24.6 Å². The van der Waals surface area contributed by atoms with Gasteiger partial charge in [-0.25, -0.2) is 8.42 Å². The summed E-state index contributed by atoms with van der Waals surface area (Å²) >= 11 is 0. The molecule has 0 spiro atoms. The van der Waals surface area contributed by atoms with Gasteiger partial charge in [0.2, 0.25) is 0 Å². The minimum absolute atomic E-state index is 0.0780. The Morgan fingerprint density at radius 3 is 2.46 bits per heavy atom. The third-order valence-electron chi connectivity index (χ3n) is 5.99. The van der Waals surface area contributed by atoms with E-state index in [9.17, 15) is 13.2 Å². The SMILES string of the molecule is Cc1c(S(=O)(=O)N2CCCc3ccccc32)cc(C(=O)N2CCCCC2)n1C. The highest BCUT2D eigenvalue weighted by atomic mass is 32.2. The molecule has 0 aliphatic carbocycles. The number of carbonyl (C=O) groups excluding carboxylic acids is 1. The van der Waals surface area contributed by atoms with Gasteiger partial charge in [-0.1, -0.05) is 18.2 Å². The Labute approximate surface area is 166 Å². The second kappa shape index (κ2) is 7.28. The number of anilines is 1. The number of likely N-dealkylation sites (tertiary alicyclic amines) is 1. The van der Waals surface area contributed by atoms with E-state index >= 15 is 0 Å². The molecule has 1 amide bonds. The summed E-state index contributed by atoms with van der Waals surface area (Å²) in [5.74, 6) is -0.0780. The number of hydrogen-bond donors (Lipinski definition) is 0. The average Bonchev–Trinajstić information content (AvgIpc) is 3.03. The van der Waals surface area contributed by atoms with Gasteiger partial charge in [-0.05, 0) is 56.7 Å². The van der Waals surface area contributed by atoms with Crippen molar-refractivity contribution >= 4 is 21.6 Å². The van der Waals surface area contributed by atoms with Crippen LogP contribution in [0.3, 0.4) is 0 Å². The first kappa shape index (κ1) is 19.1. The van der Waals surface area contributed by atoms with Crippen LogP contribution in [0.4, 0.5) is 5.69 Å². The molecule has 0 N–H and O–H groups in total. The highest BCUT2D eigenvalue weighted by Gasteiger charge is 2.33. The van der Waals surface area contributed by atoms with Crippen molar-refractivity contribution in [1.29, 1.82) is 0 Å². The quantitative estimate of drug-likeness (QED) is 0.794. The van der Waals surface area contributed by atoms with Gasteiger partial charge in [0.1, 0.15) is 10.6 Å². The van der Waals surface area contributed by atoms with E-state index in [2.05, 4.69) is 0 Å². The smallest absolute Gasteiger partial charge is 0.270 e. The number of aromatic nitrogens is 1. The Morgan fingerprint density at radius 1 is 1.00 bits per heavy atom. The number of piperidine rings is 1. The van der Waals surface area contributed by atoms with Crippen molar-refractivity contribution in [2.24, 2.45) is 7.05 Å². The number of para-hydroxylation sites is 1. The number of hydrogen-bond acceptors (Lipinski definition) is 3. The summed E-state index contributed by atoms with van der Waals surface area (Å²) in [5.41, 5.74) is 2.85. The van der Waals surface area contributed by atoms with E-state index in [1.807, 2.05) is 29.2 Å². The normalized spacial score (nSPS) is 17.5. The Balaban J connectivity index is 1.73. The summed E-state index contributed by atoms with van der Waals surface area (Å²) in [7, 11) is -1.96. The standard InChI is InChI=1S/C21H27N3O3S/c1-16-20(15-19(22(16)2)21(25)23-12-6-3-7-13-23)28(26,27)24-14-8-10-17-9-4-5-11-18(17)24/h4-5,9,11,15H,3,6-8,10,12-14H2,1-2H3. The van der Waals surface area contributed by atoms with Crippen molar-refractivity contribution in [1.82, 2.24) is 9.47 Å². The molecular weight excluding hydrogens is 374 g/mol. The molecule has 4 rings (SSSR count). The van der Waals surface area contributed by atoms with Crippen LogP contribution in [0, 0.1) is 6.92 Å². The molecule has 1 fully saturated rings. The fourth-order valence-electron chi connectivity index (χ4n) is 4.26. The van der Waals surface area contributed by atoms with Crippen LogP contribution in [0.2, 0.25) is 0 Å². The number of aryl methyl sites for hydroxylation is 1. The molecule has 0 saturated carbocycles. The molecule has 6 nitrogen and oxygen atoms in total. The van der Waals surface area contributed by atoms with Crippen LogP contribution in [0.15, 0.2) is 35.2 Å². The lowest BCUT2D eigenvalue weighted by atomic mass is 10.0. The van der Waals surface area contributed by atoms with Crippen molar-refractivity contribution in [2.75, 3.05) is 23.9 Å². The first-order chi connectivity index (χ1) is 13.4. The monoisotopic (exact) mass is 401 g/mol. The maximum absolute atomic E-state index is 13.5. The van der Waals surface area contributed by atoms with E-state index in [0.717, 1.165) is 56.4 Å². The second-order valence-electron chi connectivity index (χ2n) is 7.70. The maximum atomic E-state index is 13.5. The molecule has 0 unspecified atom stereocenters. The maximum Gasteiger partial charge on any atom is 0.270 e. The van der Waals surface area contributed by atoms with Crippen LogP contribution < -0.4 is 4.31 Å². The van der Waals surface area contributed by atoms with Gasteiger partial charge in [0, 0.05) is 32.4 Å². The van der Waals surface area contributed by atoms with E-state index in [0.29, 0.717) is 17.9 Å². The fraction of sp³-hybridized carbons (Fsp3) is 0.476. The molecule has 0 bridgehead atoms. The molecule has 0 radical (unpaired) electrons. The number of carbonyl (C=O) groups is 1. The van der Waals surface area contributed by atoms with Crippen molar-refractivity contribution in [3.63, 3.8) is 0 Å². The number of nitrogens with zero attached hydrogens (tertiary/aromatic N) is 3. The predicted molar refractivity (Wildman–Crippen MR) is 109 cm³/mol. The lowest BCUT2D eigenvalue weighted by Gasteiger charge is -2.30. The molecule has 28 heavy (non-hydrogen) atoms. The zero-order chi connectivity index (χ0) is 19.9. The summed E-state index contributed by atoms with van der Waals surface area (Å²) in [6.07, 6.45) is 4.83. The molecule has 2 aromatic rings. The first-order valence-electron chi connectivity index (χ1n) is 9.97. The largest absolute Gasteiger partial charge is 0.343 e. The molecule has 7 heteroatoms. The predicted octanol–water partition coefficient (Wildman–Crippen LogP) is 3.10. The molecule has 0 atom stereocenters. The number of sulfonamides is 1. The van der Waals surface area contributed by atoms with Crippen molar-refractivity contribution < 1.29 is 13.2 Å². The van der Waals surface area contributed by atoms with Gasteiger partial charge in [0.25, 0.3) is 15.9 Å². The van der Waals surface area contributed by atoms with Gasteiger partial charge in [-0.2, -0.15) is 0 Å². The van der Waals surface area contributed by atoms with Gasteiger partial charge in [-0.3, -0.25) is 9.10 Å². The molecule has 2 aliphatic rings. The van der Waals surface area contributed by atoms with Gasteiger partial charge in [0.15, 0.2) is 0 Å². The van der Waals surface area contributed by atoms with Crippen LogP contribution in [0.25, 0.3) is 0 Å². The summed E-state index contributed by atoms with van der Waals surface area (Å²) in [4.78, 5) is 15.1. The van der Waals surface area contributed by atoms with Crippen LogP contribution in [0.1, 0.15) is 47.4 Å². The molecule has 3 heterocycles. The van der Waals surface area contributed by atoms with Gasteiger partial charge in [-0.15, -0.1) is 0 Å². The van der Waals surface area contributed by atoms with E-state index in [-0.39, 0.29) is 10.8 Å². The lowest BCUT2D eigenvalue weighted by Crippen LogP contribution is -2.36. The summed E-state index contributed by atoms with van der Waals surface area (Å²) in [5, 5.41) is 0. The fourth-order valence-corrected chi connectivity index (χ4v) is 6.08. The first-order valence-corrected chi connectivity index (χ1v) is 11.4. The summed E-state index contributed by atoms with van der Waals surface area (Å²) in [6.45, 7) is 3.72. The minimum Gasteiger partial charge on any atom is -0.343 e. The zero-order valence-electron chi connectivity index (χ0n) is 16.5. The lowest BCUT2D eigenvalue weighted by molar-refractivity contribution is 0.0714. The summed E-state index contributed by atoms with van der Waals surface area (Å²) < 4.78 is 30.3. The second-order valence-corrected chi connectivity index (χ2v) is 9.53. The van der Waals surface area contributed by atoms with Gasteiger partial charge in [0.05, 0.1) is 5.69 Å². The Hall–Kier alpha value is -2.28. The van der Waals surface area contributed by atoms with Gasteiger partial charge < -0.3 is 9.47 Å². The highest BCUT2D eigenvalue weighted by Crippen LogP contribution is 2.33. The highest BCUT2D eigenvalue weighted by molar-refractivity contribution is 7.92. The molecule has 1 aromatic heterocycles. The molecule has 150 valence electrons. The van der Waals surface area contributed by atoms with E-state index in [4.69, 9.17) is 0 Å². The van der Waals surface area contributed by atoms with Crippen LogP contribution >= 0.6 is 0 Å². The molecule has 2 aliphatic heterocycles.